The Labute approximate surface area is 389 Å². The number of anilines is 1. The van der Waals surface area contributed by atoms with Crippen LogP contribution in [-0.2, 0) is 48.3 Å². The molecule has 1 saturated carbocycles. The summed E-state index contributed by atoms with van der Waals surface area (Å²) in [5, 5.41) is 28.2. The smallest absolute Gasteiger partial charge is 0.407 e. The zero-order valence-electron chi connectivity index (χ0n) is 39.0. The maximum absolute atomic E-state index is 13.6. The average molecular weight is 914 g/mol. The minimum absolute atomic E-state index is 0.0199. The number of aliphatic hydroxyl groups is 1. The summed E-state index contributed by atoms with van der Waals surface area (Å²) < 4.78 is 5.23. The van der Waals surface area contributed by atoms with Crippen LogP contribution in [0.4, 0.5) is 10.6 Å². The molecule has 0 saturated heterocycles. The van der Waals surface area contributed by atoms with Gasteiger partial charge in [0.15, 0.2) is 0 Å². The quantitative estimate of drug-likeness (QED) is 0.0525. The molecule has 17 nitrogen and oxygen atoms in total. The average Bonchev–Trinajstić information content (AvgIpc) is 3.31. The third-order valence-corrected chi connectivity index (χ3v) is 12.1. The van der Waals surface area contributed by atoms with Crippen molar-refractivity contribution in [1.29, 1.82) is 0 Å². The highest BCUT2D eigenvalue weighted by atomic mass is 16.5. The molecule has 6 amide bonds. The van der Waals surface area contributed by atoms with Gasteiger partial charge < -0.3 is 47.5 Å². The fourth-order valence-electron chi connectivity index (χ4n) is 7.86. The normalized spacial score (nSPS) is 14.9. The number of unbranched alkanes of at least 4 members (excludes halogenated alkanes) is 2. The molecule has 9 N–H and O–H groups in total. The number of aliphatic hydroxyl groups excluding tert-OH is 1. The van der Waals surface area contributed by atoms with E-state index in [-0.39, 0.29) is 56.0 Å². The van der Waals surface area contributed by atoms with Gasteiger partial charge in [0, 0.05) is 19.4 Å². The van der Waals surface area contributed by atoms with Gasteiger partial charge >= 0.3 is 6.09 Å². The van der Waals surface area contributed by atoms with E-state index >= 15 is 0 Å². The first kappa shape index (κ1) is 52.5. The van der Waals surface area contributed by atoms with Crippen LogP contribution in [0.25, 0.3) is 0 Å². The molecule has 0 aliphatic heterocycles. The monoisotopic (exact) mass is 914 g/mol. The number of carbonyl (C=O) groups is 6. The van der Waals surface area contributed by atoms with Crippen molar-refractivity contribution in [2.24, 2.45) is 11.8 Å². The molecule has 5 atom stereocenters. The number of ether oxygens (including phenoxy) is 1. The number of aryl methyl sites for hydroxylation is 2. The van der Waals surface area contributed by atoms with Gasteiger partial charge in [-0.3, -0.25) is 29.0 Å². The number of alkyl carbamates (subject to hydrolysis) is 1. The number of rotatable bonds is 26. The molecule has 0 spiro atoms. The molecular formula is C49H71N9O8. The SMILES string of the molecule is CC[C@H](C)[C@H](NC(=O)C[C@H](O)[C@H](CC1CCCCC1)NC(=O)CNC(=O)[C@H](Cc1ccccc1)NC(=O)CCCCCNC(=O)OCc1ccccc1)C(=O)NCc1nc(C)c(C)nc1N. The van der Waals surface area contributed by atoms with Crippen molar-refractivity contribution in [3.8, 4) is 0 Å². The molecule has 0 radical (unpaired) electrons. The summed E-state index contributed by atoms with van der Waals surface area (Å²) in [4.78, 5) is 87.8. The number of hydrogen-bond donors (Lipinski definition) is 8. The van der Waals surface area contributed by atoms with E-state index < -0.39 is 60.5 Å². The summed E-state index contributed by atoms with van der Waals surface area (Å²) in [7, 11) is 0. The number of amides is 6. The van der Waals surface area contributed by atoms with E-state index in [0.29, 0.717) is 55.7 Å². The molecule has 0 bridgehead atoms. The van der Waals surface area contributed by atoms with Gasteiger partial charge in [0.25, 0.3) is 0 Å². The number of nitrogens with one attached hydrogen (secondary N) is 6. The molecule has 1 aromatic heterocycles. The van der Waals surface area contributed by atoms with Crippen LogP contribution in [0.1, 0.15) is 119 Å². The summed E-state index contributed by atoms with van der Waals surface area (Å²) in [6, 6.07) is 15.9. The molecule has 0 unspecified atom stereocenters. The van der Waals surface area contributed by atoms with E-state index in [0.717, 1.165) is 43.2 Å². The number of hydrogen-bond acceptors (Lipinski definition) is 11. The zero-order valence-corrected chi connectivity index (χ0v) is 39.0. The zero-order chi connectivity index (χ0) is 47.8. The van der Waals surface area contributed by atoms with Crippen molar-refractivity contribution in [3.05, 3.63) is 88.9 Å². The lowest BCUT2D eigenvalue weighted by Gasteiger charge is -2.31. The first-order valence-electron chi connectivity index (χ1n) is 23.4. The predicted octanol–water partition coefficient (Wildman–Crippen LogP) is 4.36. The molecule has 3 aromatic rings. The summed E-state index contributed by atoms with van der Waals surface area (Å²) in [6.07, 6.45) is 6.04. The molecule has 360 valence electrons. The Morgan fingerprint density at radius 3 is 2.12 bits per heavy atom. The van der Waals surface area contributed by atoms with Gasteiger partial charge in [-0.1, -0.05) is 119 Å². The van der Waals surface area contributed by atoms with Crippen molar-refractivity contribution in [2.45, 2.75) is 149 Å². The van der Waals surface area contributed by atoms with E-state index in [2.05, 4.69) is 41.9 Å². The Morgan fingerprint density at radius 2 is 1.44 bits per heavy atom. The minimum Gasteiger partial charge on any atom is -0.445 e. The van der Waals surface area contributed by atoms with Crippen molar-refractivity contribution in [2.75, 3.05) is 18.8 Å². The fourth-order valence-corrected chi connectivity index (χ4v) is 7.86. The van der Waals surface area contributed by atoms with Crippen molar-refractivity contribution >= 4 is 41.4 Å². The summed E-state index contributed by atoms with van der Waals surface area (Å²) in [5.41, 5.74) is 9.54. The highest BCUT2D eigenvalue weighted by Crippen LogP contribution is 2.28. The Hall–Kier alpha value is -6.10. The van der Waals surface area contributed by atoms with E-state index in [1.807, 2.05) is 74.5 Å². The van der Waals surface area contributed by atoms with Gasteiger partial charge in [0.05, 0.1) is 43.0 Å². The molecular weight excluding hydrogens is 843 g/mol. The second-order valence-electron chi connectivity index (χ2n) is 17.4. The Bertz CT molecular complexity index is 2020. The molecule has 66 heavy (non-hydrogen) atoms. The summed E-state index contributed by atoms with van der Waals surface area (Å²) in [5.74, 6) is -2.24. The van der Waals surface area contributed by atoms with Gasteiger partial charge in [-0.2, -0.15) is 0 Å². The van der Waals surface area contributed by atoms with E-state index in [1.54, 1.807) is 13.8 Å². The number of carbonyl (C=O) groups excluding carboxylic acids is 6. The Morgan fingerprint density at radius 1 is 0.773 bits per heavy atom. The van der Waals surface area contributed by atoms with Crippen LogP contribution in [0.15, 0.2) is 60.7 Å². The van der Waals surface area contributed by atoms with Crippen LogP contribution in [0.5, 0.6) is 0 Å². The van der Waals surface area contributed by atoms with Crippen molar-refractivity contribution < 1.29 is 38.6 Å². The first-order chi connectivity index (χ1) is 31.7. The molecule has 1 aliphatic carbocycles. The van der Waals surface area contributed by atoms with Crippen molar-refractivity contribution in [3.63, 3.8) is 0 Å². The maximum Gasteiger partial charge on any atom is 0.407 e. The number of nitrogens with two attached hydrogens (primary N) is 1. The third-order valence-electron chi connectivity index (χ3n) is 12.1. The van der Waals surface area contributed by atoms with Crippen LogP contribution in [-0.4, -0.2) is 88.0 Å². The van der Waals surface area contributed by atoms with Crippen LogP contribution >= 0.6 is 0 Å². The highest BCUT2D eigenvalue weighted by Gasteiger charge is 2.31. The number of aromatic nitrogens is 2. The maximum atomic E-state index is 13.6. The largest absolute Gasteiger partial charge is 0.445 e. The lowest BCUT2D eigenvalue weighted by molar-refractivity contribution is -0.132. The van der Waals surface area contributed by atoms with Gasteiger partial charge in [0.1, 0.15) is 30.2 Å². The minimum atomic E-state index is -1.29. The van der Waals surface area contributed by atoms with E-state index in [1.165, 1.54) is 0 Å². The van der Waals surface area contributed by atoms with E-state index in [4.69, 9.17) is 10.5 Å². The highest BCUT2D eigenvalue weighted by molar-refractivity contribution is 5.91. The topological polar surface area (TPSA) is 256 Å². The van der Waals surface area contributed by atoms with Crippen LogP contribution in [0.3, 0.4) is 0 Å². The second kappa shape index (κ2) is 28.1. The van der Waals surface area contributed by atoms with Gasteiger partial charge in [-0.15, -0.1) is 0 Å². The molecule has 17 heteroatoms. The summed E-state index contributed by atoms with van der Waals surface area (Å²) in [6.45, 7) is 7.51. The van der Waals surface area contributed by atoms with Gasteiger partial charge in [-0.25, -0.2) is 9.78 Å². The van der Waals surface area contributed by atoms with Gasteiger partial charge in [-0.05, 0) is 56.1 Å². The lowest BCUT2D eigenvalue weighted by atomic mass is 9.83. The molecule has 1 fully saturated rings. The third kappa shape index (κ3) is 18.8. The number of nitrogen functional groups attached to an aromatic ring is 1. The standard InChI is InChI=1S/C49H71N9O8/c1-5-32(2)45(48(64)52-29-40-46(50)55-34(4)33(3)54-40)58-43(61)28-41(59)38(26-35-18-10-6-11-19-35)56-44(62)30-53-47(63)39(27-36-20-12-7-13-21-36)57-42(60)24-16-9-17-25-51-49(65)66-31-37-22-14-8-15-23-37/h7-8,12-15,20-23,32,35,38-39,41,45,59H,5-6,9-11,16-19,24-31H2,1-4H3,(H2,50,55)(H,51,65)(H,52,64)(H,53,63)(H,56,62)(H,57,60)(H,58,61)/t32-,38-,39-,41-,45-/m0/s1. The Kier molecular flexibility index (Phi) is 22.3. The first-order valence-corrected chi connectivity index (χ1v) is 23.4. The molecule has 2 aromatic carbocycles. The molecule has 1 aliphatic rings. The molecule has 4 rings (SSSR count). The van der Waals surface area contributed by atoms with Gasteiger partial charge in [0.2, 0.25) is 29.5 Å². The molecule has 1 heterocycles. The second-order valence-corrected chi connectivity index (χ2v) is 17.4. The van der Waals surface area contributed by atoms with Crippen LogP contribution in [0, 0.1) is 25.7 Å². The summed E-state index contributed by atoms with van der Waals surface area (Å²) >= 11 is 0. The Balaban J connectivity index is 1.29. The predicted molar refractivity (Wildman–Crippen MR) is 251 cm³/mol. The number of nitrogens with zero attached hydrogens (tertiary/aromatic N) is 2. The fraction of sp³-hybridized carbons (Fsp3) is 0.551. The van der Waals surface area contributed by atoms with Crippen LogP contribution in [0.2, 0.25) is 0 Å². The lowest BCUT2D eigenvalue weighted by Crippen LogP contribution is -2.53. The van der Waals surface area contributed by atoms with Crippen molar-refractivity contribution in [1.82, 2.24) is 41.9 Å². The number of benzene rings is 2. The van der Waals surface area contributed by atoms with E-state index in [9.17, 15) is 33.9 Å². The van der Waals surface area contributed by atoms with Crippen LogP contribution < -0.4 is 37.6 Å².